The van der Waals surface area contributed by atoms with E-state index in [1.54, 1.807) is 14.2 Å². The molecule has 0 amide bonds. The molecule has 0 aromatic heterocycles. The molecule has 2 rings (SSSR count). The highest BCUT2D eigenvalue weighted by Crippen LogP contribution is 2.47. The van der Waals surface area contributed by atoms with Crippen molar-refractivity contribution in [2.24, 2.45) is 5.73 Å². The Kier molecular flexibility index (Phi) is 2.58. The van der Waals surface area contributed by atoms with Gasteiger partial charge in [-0.3, -0.25) is 0 Å². The van der Waals surface area contributed by atoms with Gasteiger partial charge in [0.15, 0.2) is 11.5 Å². The molecule has 0 bridgehead atoms. The molecular formula is C13H19NO2. The summed E-state index contributed by atoms with van der Waals surface area (Å²) in [6, 6.07) is 4.17. The highest BCUT2D eigenvalue weighted by atomic mass is 16.5. The molecule has 0 spiro atoms. The summed E-state index contributed by atoms with van der Waals surface area (Å²) >= 11 is 0. The second-order valence-corrected chi connectivity index (χ2v) is 4.99. The van der Waals surface area contributed by atoms with Gasteiger partial charge >= 0.3 is 0 Å². The lowest BCUT2D eigenvalue weighted by Gasteiger charge is -2.20. The maximum Gasteiger partial charge on any atom is 0.161 e. The van der Waals surface area contributed by atoms with Crippen LogP contribution in [0.1, 0.15) is 37.4 Å². The summed E-state index contributed by atoms with van der Waals surface area (Å²) in [6.45, 7) is 4.43. The minimum Gasteiger partial charge on any atom is -0.493 e. The van der Waals surface area contributed by atoms with Gasteiger partial charge in [0.2, 0.25) is 0 Å². The van der Waals surface area contributed by atoms with Crippen molar-refractivity contribution in [2.75, 3.05) is 14.2 Å². The van der Waals surface area contributed by atoms with Crippen LogP contribution in [0, 0.1) is 0 Å². The summed E-state index contributed by atoms with van der Waals surface area (Å²) in [5.74, 6) is 1.54. The zero-order valence-corrected chi connectivity index (χ0v) is 10.3. The smallest absolute Gasteiger partial charge is 0.161 e. The number of benzene rings is 1. The summed E-state index contributed by atoms with van der Waals surface area (Å²) in [4.78, 5) is 0. The van der Waals surface area contributed by atoms with Crippen LogP contribution in [-0.4, -0.2) is 14.2 Å². The Morgan fingerprint density at radius 3 is 2.31 bits per heavy atom. The highest BCUT2D eigenvalue weighted by molar-refractivity contribution is 5.53. The van der Waals surface area contributed by atoms with Gasteiger partial charge in [-0.1, -0.05) is 13.8 Å². The molecule has 1 aliphatic carbocycles. The number of ether oxygens (including phenoxy) is 2. The number of fused-ring (bicyclic) bond motifs is 1. The molecule has 3 heteroatoms. The van der Waals surface area contributed by atoms with Gasteiger partial charge in [-0.15, -0.1) is 0 Å². The van der Waals surface area contributed by atoms with Gasteiger partial charge in [-0.05, 0) is 35.1 Å². The van der Waals surface area contributed by atoms with Crippen molar-refractivity contribution < 1.29 is 9.47 Å². The molecule has 1 aromatic carbocycles. The van der Waals surface area contributed by atoms with Gasteiger partial charge in [-0.25, -0.2) is 0 Å². The van der Waals surface area contributed by atoms with E-state index in [4.69, 9.17) is 15.2 Å². The molecule has 1 atom stereocenters. The fourth-order valence-electron chi connectivity index (χ4n) is 2.56. The molecule has 1 aromatic rings. The monoisotopic (exact) mass is 221 g/mol. The van der Waals surface area contributed by atoms with Crippen LogP contribution in [0.15, 0.2) is 12.1 Å². The maximum absolute atomic E-state index is 6.14. The number of methoxy groups -OCH3 is 2. The van der Waals surface area contributed by atoms with E-state index < -0.39 is 0 Å². The third-order valence-electron chi connectivity index (χ3n) is 3.41. The van der Waals surface area contributed by atoms with Crippen LogP contribution >= 0.6 is 0 Å². The number of hydrogen-bond acceptors (Lipinski definition) is 3. The minimum absolute atomic E-state index is 0.102. The van der Waals surface area contributed by atoms with Crippen molar-refractivity contribution in [3.63, 3.8) is 0 Å². The average molecular weight is 221 g/mol. The lowest BCUT2D eigenvalue weighted by molar-refractivity contribution is 0.353. The van der Waals surface area contributed by atoms with Crippen LogP contribution in [0.2, 0.25) is 0 Å². The van der Waals surface area contributed by atoms with E-state index in [0.29, 0.717) is 0 Å². The van der Waals surface area contributed by atoms with E-state index in [1.165, 1.54) is 11.1 Å². The third kappa shape index (κ3) is 1.55. The second-order valence-electron chi connectivity index (χ2n) is 4.99. The maximum atomic E-state index is 6.14. The molecule has 0 aliphatic heterocycles. The van der Waals surface area contributed by atoms with Crippen molar-refractivity contribution in [3.8, 4) is 11.5 Å². The first-order valence-corrected chi connectivity index (χ1v) is 5.51. The Hall–Kier alpha value is -1.22. The molecular weight excluding hydrogens is 202 g/mol. The molecule has 1 aliphatic rings. The van der Waals surface area contributed by atoms with E-state index in [2.05, 4.69) is 19.9 Å². The largest absolute Gasteiger partial charge is 0.493 e. The highest BCUT2D eigenvalue weighted by Gasteiger charge is 2.36. The average Bonchev–Trinajstić information content (AvgIpc) is 2.47. The molecule has 0 saturated carbocycles. The summed E-state index contributed by atoms with van der Waals surface area (Å²) < 4.78 is 10.6. The standard InChI is InChI=1S/C13H19NO2/c1-13(2)7-10(14)8-5-11(15-3)12(16-4)6-9(8)13/h5-6,10H,7,14H2,1-4H3. The van der Waals surface area contributed by atoms with Crippen molar-refractivity contribution in [3.05, 3.63) is 23.3 Å². The van der Waals surface area contributed by atoms with Gasteiger partial charge in [0.25, 0.3) is 0 Å². The Balaban J connectivity index is 2.59. The fourth-order valence-corrected chi connectivity index (χ4v) is 2.56. The summed E-state index contributed by atoms with van der Waals surface area (Å²) in [7, 11) is 3.31. The fraction of sp³-hybridized carbons (Fsp3) is 0.538. The van der Waals surface area contributed by atoms with Gasteiger partial charge < -0.3 is 15.2 Å². The Morgan fingerprint density at radius 1 is 1.19 bits per heavy atom. The summed E-state index contributed by atoms with van der Waals surface area (Å²) in [5.41, 5.74) is 8.72. The van der Waals surface area contributed by atoms with Crippen LogP contribution in [0.25, 0.3) is 0 Å². The first kappa shape index (κ1) is 11.3. The van der Waals surface area contributed by atoms with E-state index >= 15 is 0 Å². The third-order valence-corrected chi connectivity index (χ3v) is 3.41. The van der Waals surface area contributed by atoms with Gasteiger partial charge in [0.1, 0.15) is 0 Å². The number of hydrogen-bond donors (Lipinski definition) is 1. The first-order valence-electron chi connectivity index (χ1n) is 5.51. The zero-order chi connectivity index (χ0) is 11.9. The first-order chi connectivity index (χ1) is 7.49. The zero-order valence-electron chi connectivity index (χ0n) is 10.3. The Labute approximate surface area is 96.5 Å². The molecule has 0 saturated heterocycles. The lowest BCUT2D eigenvalue weighted by Crippen LogP contribution is -2.14. The Morgan fingerprint density at radius 2 is 1.75 bits per heavy atom. The quantitative estimate of drug-likeness (QED) is 0.834. The van der Waals surface area contributed by atoms with E-state index in [-0.39, 0.29) is 11.5 Å². The predicted molar refractivity (Wildman–Crippen MR) is 64.1 cm³/mol. The SMILES string of the molecule is COc1cc2c(cc1OC)C(C)(C)CC2N. The van der Waals surface area contributed by atoms with E-state index in [0.717, 1.165) is 17.9 Å². The molecule has 16 heavy (non-hydrogen) atoms. The van der Waals surface area contributed by atoms with E-state index in [9.17, 15) is 0 Å². The van der Waals surface area contributed by atoms with Crippen molar-refractivity contribution in [2.45, 2.75) is 31.7 Å². The van der Waals surface area contributed by atoms with Crippen LogP contribution in [-0.2, 0) is 5.41 Å². The molecule has 2 N–H and O–H groups in total. The van der Waals surface area contributed by atoms with Gasteiger partial charge in [-0.2, -0.15) is 0 Å². The number of nitrogens with two attached hydrogens (primary N) is 1. The molecule has 1 unspecified atom stereocenters. The molecule has 0 fully saturated rings. The molecule has 3 nitrogen and oxygen atoms in total. The Bertz CT molecular complexity index is 413. The number of rotatable bonds is 2. The van der Waals surface area contributed by atoms with Crippen LogP contribution in [0.5, 0.6) is 11.5 Å². The van der Waals surface area contributed by atoms with Crippen molar-refractivity contribution in [1.82, 2.24) is 0 Å². The molecule has 0 heterocycles. The van der Waals surface area contributed by atoms with Crippen LogP contribution in [0.4, 0.5) is 0 Å². The predicted octanol–water partition coefficient (Wildman–Crippen LogP) is 2.38. The minimum atomic E-state index is 0.102. The van der Waals surface area contributed by atoms with E-state index in [1.807, 2.05) is 6.07 Å². The van der Waals surface area contributed by atoms with Crippen LogP contribution < -0.4 is 15.2 Å². The summed E-state index contributed by atoms with van der Waals surface area (Å²) in [6.07, 6.45) is 0.971. The lowest BCUT2D eigenvalue weighted by atomic mass is 9.86. The topological polar surface area (TPSA) is 44.5 Å². The molecule has 88 valence electrons. The van der Waals surface area contributed by atoms with Crippen molar-refractivity contribution >= 4 is 0 Å². The van der Waals surface area contributed by atoms with Gasteiger partial charge in [0.05, 0.1) is 14.2 Å². The van der Waals surface area contributed by atoms with Crippen molar-refractivity contribution in [1.29, 1.82) is 0 Å². The normalized spacial score (nSPS) is 21.7. The molecule has 0 radical (unpaired) electrons. The van der Waals surface area contributed by atoms with Crippen LogP contribution in [0.3, 0.4) is 0 Å². The second kappa shape index (κ2) is 3.67. The summed E-state index contributed by atoms with van der Waals surface area (Å²) in [5, 5.41) is 0. The van der Waals surface area contributed by atoms with Gasteiger partial charge in [0, 0.05) is 6.04 Å².